The number of nitrogens with zero attached hydrogens (tertiary/aromatic N) is 4. The van der Waals surface area contributed by atoms with Crippen LogP contribution in [0.15, 0.2) is 109 Å². The third kappa shape index (κ3) is 5.64. The number of benzene rings is 3. The maximum Gasteiger partial charge on any atom is 0.375 e. The Morgan fingerprint density at radius 2 is 1.02 bits per heavy atom. The van der Waals surface area contributed by atoms with E-state index in [1.807, 2.05) is 0 Å². The molecular weight excluding hydrogens is 609 g/mol. The molecule has 5 rings (SSSR count). The van der Waals surface area contributed by atoms with Crippen LogP contribution in [0.1, 0.15) is 23.0 Å². The van der Waals surface area contributed by atoms with Crippen molar-refractivity contribution in [1.29, 1.82) is 0 Å². The molecule has 1 unspecified atom stereocenters. The minimum atomic E-state index is -5.74. The smallest absolute Gasteiger partial charge is 0.272 e. The average Bonchev–Trinajstić information content (AvgIpc) is 2.95. The molecule has 1 aromatic heterocycles. The molecule has 3 aromatic carbocycles. The van der Waals surface area contributed by atoms with E-state index >= 15 is 0 Å². The summed E-state index contributed by atoms with van der Waals surface area (Å²) in [6, 6.07) is 25.8. The highest BCUT2D eigenvalue weighted by atomic mass is 32.3. The molecule has 218 valence electrons. The van der Waals surface area contributed by atoms with Gasteiger partial charge in [0, 0.05) is 17.3 Å². The molecule has 0 spiro atoms. The Bertz CT molecular complexity index is 1970. The lowest BCUT2D eigenvalue weighted by Gasteiger charge is -2.46. The largest absolute Gasteiger partial charge is 0.375 e. The fraction of sp³-hybridized carbons (Fsp3) is 0.0385. The predicted octanol–water partition coefficient (Wildman–Crippen LogP) is 3.52. The molecule has 0 saturated heterocycles. The predicted molar refractivity (Wildman–Crippen MR) is 152 cm³/mol. The lowest BCUT2D eigenvalue weighted by Crippen LogP contribution is -2.58. The van der Waals surface area contributed by atoms with Crippen LogP contribution in [0.4, 0.5) is 0 Å². The number of rotatable bonds is 7. The van der Waals surface area contributed by atoms with E-state index in [4.69, 9.17) is 0 Å². The number of pyridine rings is 1. The molecular formula is C26H22N4O9S3. The molecule has 1 aliphatic rings. The van der Waals surface area contributed by atoms with E-state index in [9.17, 15) is 38.9 Å². The van der Waals surface area contributed by atoms with Crippen LogP contribution < -0.4 is 0 Å². The summed E-state index contributed by atoms with van der Waals surface area (Å²) in [6.45, 7) is 0. The van der Waals surface area contributed by atoms with Crippen LogP contribution in [0.25, 0.3) is 22.5 Å². The van der Waals surface area contributed by atoms with Gasteiger partial charge in [-0.05, 0) is 27.7 Å². The number of hydrogen-bond donors (Lipinski definition) is 3. The minimum absolute atomic E-state index is 0.00169. The highest BCUT2D eigenvalue weighted by Gasteiger charge is 2.54. The van der Waals surface area contributed by atoms with Gasteiger partial charge in [-0.25, -0.2) is 4.31 Å². The topological polar surface area (TPSA) is 186 Å². The average molecular weight is 631 g/mol. The van der Waals surface area contributed by atoms with Gasteiger partial charge in [0.25, 0.3) is 0 Å². The van der Waals surface area contributed by atoms with Gasteiger partial charge in [0.15, 0.2) is 6.17 Å². The van der Waals surface area contributed by atoms with Gasteiger partial charge in [-0.2, -0.15) is 29.7 Å². The van der Waals surface area contributed by atoms with Crippen molar-refractivity contribution in [2.45, 2.75) is 6.17 Å². The summed E-state index contributed by atoms with van der Waals surface area (Å²) in [5, 5.41) is 0. The molecule has 1 atom stereocenters. The van der Waals surface area contributed by atoms with E-state index in [-0.39, 0.29) is 24.3 Å². The fourth-order valence-corrected chi connectivity index (χ4v) is 7.50. The standard InChI is InChI=1S/C26H22N4O9S3/c31-40(32,33)28-24(20-12-6-2-7-13-20)25(21-14-8-3-9-15-21)29(41(34,35)36)30(42(37,38)39)26(28)23-18-22(16-17-27-23)19-10-4-1-5-11-19/h1-18,26H,(H,31,32,33)(H,34,35,36)(H,37,38,39). The van der Waals surface area contributed by atoms with E-state index in [1.165, 1.54) is 66.9 Å². The Balaban J connectivity index is 1.96. The van der Waals surface area contributed by atoms with Gasteiger partial charge in [-0.15, -0.1) is 0 Å². The van der Waals surface area contributed by atoms with Crippen LogP contribution in [0.2, 0.25) is 0 Å². The van der Waals surface area contributed by atoms with Crippen LogP contribution in [-0.2, 0) is 30.9 Å². The summed E-state index contributed by atoms with van der Waals surface area (Å²) in [4.78, 5) is 4.10. The molecule has 42 heavy (non-hydrogen) atoms. The molecule has 0 radical (unpaired) electrons. The maximum atomic E-state index is 13.2. The SMILES string of the molecule is O=S(=O)(O)N1C(c2ccccc2)=C(c2ccccc2)N(S(=O)(=O)O)N(S(=O)(=O)O)C1c1cc(-c2ccccc2)ccn1. The number of hydrogen-bond acceptors (Lipinski definition) is 7. The minimum Gasteiger partial charge on any atom is -0.272 e. The summed E-state index contributed by atoms with van der Waals surface area (Å²) >= 11 is 0. The molecule has 1 aliphatic heterocycles. The molecule has 3 N–H and O–H groups in total. The van der Waals surface area contributed by atoms with Crippen LogP contribution >= 0.6 is 0 Å². The van der Waals surface area contributed by atoms with Gasteiger partial charge in [0.05, 0.1) is 11.4 Å². The van der Waals surface area contributed by atoms with Gasteiger partial charge in [0.2, 0.25) is 0 Å². The second-order valence-electron chi connectivity index (χ2n) is 8.88. The van der Waals surface area contributed by atoms with Crippen molar-refractivity contribution >= 4 is 42.3 Å². The number of aromatic nitrogens is 1. The van der Waals surface area contributed by atoms with Crippen molar-refractivity contribution in [1.82, 2.24) is 18.1 Å². The van der Waals surface area contributed by atoms with Crippen molar-refractivity contribution in [3.63, 3.8) is 0 Å². The van der Waals surface area contributed by atoms with Crippen molar-refractivity contribution < 1.29 is 38.9 Å². The zero-order chi connectivity index (χ0) is 30.3. The van der Waals surface area contributed by atoms with E-state index in [2.05, 4.69) is 4.98 Å². The molecule has 4 aromatic rings. The summed E-state index contributed by atoms with van der Waals surface area (Å²) in [7, 11) is -16.9. The van der Waals surface area contributed by atoms with Gasteiger partial charge in [0.1, 0.15) is 5.70 Å². The van der Waals surface area contributed by atoms with Crippen LogP contribution in [0, 0.1) is 0 Å². The molecule has 16 heteroatoms. The second-order valence-corrected chi connectivity index (χ2v) is 12.7. The van der Waals surface area contributed by atoms with Crippen LogP contribution in [0.5, 0.6) is 0 Å². The highest BCUT2D eigenvalue weighted by Crippen LogP contribution is 2.48. The molecule has 2 heterocycles. The normalized spacial score (nSPS) is 17.0. The Morgan fingerprint density at radius 3 is 1.48 bits per heavy atom. The summed E-state index contributed by atoms with van der Waals surface area (Å²) < 4.78 is 110. The molecule has 0 bridgehead atoms. The van der Waals surface area contributed by atoms with E-state index < -0.39 is 54.2 Å². The third-order valence-electron chi connectivity index (χ3n) is 6.20. The van der Waals surface area contributed by atoms with Gasteiger partial charge >= 0.3 is 30.9 Å². The van der Waals surface area contributed by atoms with Crippen LogP contribution in [0.3, 0.4) is 0 Å². The summed E-state index contributed by atoms with van der Waals surface area (Å²) in [5.41, 5.74) is -0.773. The molecule has 0 amide bonds. The second kappa shape index (κ2) is 10.9. The van der Waals surface area contributed by atoms with E-state index in [1.54, 1.807) is 42.5 Å². The lowest BCUT2D eigenvalue weighted by molar-refractivity contribution is 0.0727. The zero-order valence-electron chi connectivity index (χ0n) is 21.3. The highest BCUT2D eigenvalue weighted by molar-refractivity contribution is 7.86. The molecule has 0 fully saturated rings. The Kier molecular flexibility index (Phi) is 7.62. The first-order valence-electron chi connectivity index (χ1n) is 12.0. The quantitative estimate of drug-likeness (QED) is 0.255. The zero-order valence-corrected chi connectivity index (χ0v) is 23.7. The monoisotopic (exact) mass is 630 g/mol. The van der Waals surface area contributed by atoms with E-state index in [0.29, 0.717) is 11.1 Å². The first-order valence-corrected chi connectivity index (χ1v) is 16.2. The fourth-order valence-electron chi connectivity index (χ4n) is 4.62. The first kappa shape index (κ1) is 29.3. The van der Waals surface area contributed by atoms with Gasteiger partial charge < -0.3 is 0 Å². The summed E-state index contributed by atoms with van der Waals surface area (Å²) in [5.74, 6) is 0. The maximum absolute atomic E-state index is 13.2. The Labute approximate surface area is 242 Å². The van der Waals surface area contributed by atoms with Crippen molar-refractivity contribution in [2.75, 3.05) is 0 Å². The third-order valence-corrected chi connectivity index (χ3v) is 8.81. The Morgan fingerprint density at radius 1 is 0.548 bits per heavy atom. The van der Waals surface area contributed by atoms with E-state index in [0.717, 1.165) is 0 Å². The molecule has 0 saturated carbocycles. The lowest BCUT2D eigenvalue weighted by atomic mass is 10.0. The van der Waals surface area contributed by atoms with Crippen molar-refractivity contribution in [3.05, 3.63) is 126 Å². The Hall–Kier alpha value is -4.16. The molecule has 13 nitrogen and oxygen atoms in total. The summed E-state index contributed by atoms with van der Waals surface area (Å²) in [6.07, 6.45) is -1.18. The molecule has 0 aliphatic carbocycles. The number of hydrazine groups is 1. The van der Waals surface area contributed by atoms with Gasteiger partial charge in [-0.3, -0.25) is 18.6 Å². The van der Waals surface area contributed by atoms with Crippen molar-refractivity contribution in [3.8, 4) is 11.1 Å². The van der Waals surface area contributed by atoms with Crippen LogP contribution in [-0.4, -0.2) is 57.0 Å². The van der Waals surface area contributed by atoms with Gasteiger partial charge in [-0.1, -0.05) is 91.0 Å². The van der Waals surface area contributed by atoms with Crippen molar-refractivity contribution in [2.24, 2.45) is 0 Å². The first-order chi connectivity index (χ1) is 19.8.